The second-order valence-electron chi connectivity index (χ2n) is 17.9. The van der Waals surface area contributed by atoms with E-state index < -0.39 is 11.7 Å². The molecular formula is C51H68O7. The van der Waals surface area contributed by atoms with Gasteiger partial charge >= 0.3 is 0 Å². The van der Waals surface area contributed by atoms with Gasteiger partial charge in [0.2, 0.25) is 0 Å². The zero-order chi connectivity index (χ0) is 41.6. The van der Waals surface area contributed by atoms with Gasteiger partial charge in [-0.3, -0.25) is 0 Å². The van der Waals surface area contributed by atoms with Crippen LogP contribution in [0.1, 0.15) is 123 Å². The molecule has 314 valence electrons. The van der Waals surface area contributed by atoms with E-state index in [2.05, 4.69) is 135 Å². The van der Waals surface area contributed by atoms with Gasteiger partial charge in [-0.15, -0.1) is 0 Å². The average Bonchev–Trinajstić information content (AvgIpc) is 4.16. The molecule has 2 saturated heterocycles. The molecule has 58 heavy (non-hydrogen) atoms. The van der Waals surface area contributed by atoms with Crippen LogP contribution in [0.2, 0.25) is 0 Å². The molecule has 0 spiro atoms. The predicted molar refractivity (Wildman–Crippen MR) is 233 cm³/mol. The number of hydrogen-bond acceptors (Lipinski definition) is 7. The summed E-state index contributed by atoms with van der Waals surface area (Å²) < 4.78 is 36.5. The van der Waals surface area contributed by atoms with Crippen LogP contribution in [-0.2, 0) is 20.3 Å². The zero-order valence-electron chi connectivity index (χ0n) is 36.5. The Kier molecular flexibility index (Phi) is 13.9. The molecule has 4 aromatic rings. The molecule has 0 radical (unpaired) electrons. The van der Waals surface area contributed by atoms with Crippen molar-refractivity contribution >= 4 is 0 Å². The van der Waals surface area contributed by atoms with Crippen molar-refractivity contribution in [1.82, 2.24) is 0 Å². The van der Waals surface area contributed by atoms with E-state index in [-0.39, 0.29) is 41.2 Å². The van der Waals surface area contributed by atoms with Gasteiger partial charge in [0.15, 0.2) is 0 Å². The van der Waals surface area contributed by atoms with Crippen LogP contribution >= 0.6 is 0 Å². The van der Waals surface area contributed by atoms with E-state index in [1.54, 1.807) is 0 Å². The molecule has 2 heterocycles. The largest absolute Gasteiger partial charge is 0.491 e. The Balaban J connectivity index is 1.05. The van der Waals surface area contributed by atoms with Crippen LogP contribution in [-0.4, -0.2) is 61.0 Å². The number of hydrogen-bond donors (Lipinski definition) is 1. The number of aliphatic hydroxyl groups is 1. The van der Waals surface area contributed by atoms with Crippen LogP contribution in [0.15, 0.2) is 97.1 Å². The predicted octanol–water partition coefficient (Wildman–Crippen LogP) is 11.2. The lowest BCUT2D eigenvalue weighted by atomic mass is 9.78. The van der Waals surface area contributed by atoms with Crippen LogP contribution in [0, 0.1) is 5.92 Å². The minimum Gasteiger partial charge on any atom is -0.491 e. The summed E-state index contributed by atoms with van der Waals surface area (Å²) in [5.41, 5.74) is 3.55. The van der Waals surface area contributed by atoms with E-state index in [1.165, 1.54) is 22.3 Å². The standard InChI is InChI=1S/C51H68O7/c1-10-29-50(12-3,47-35-56-47)57-44-25-17-39(18-26-44)48(6,7)37-13-21-42(22-14-37)53-32-41(52)31-51(30-11-2,36(4)5)58-45-27-19-40(20-28-45)49(8,9)38-15-23-43(24-16-38)54-33-46-34-55-46/h13-28,36,41,46-47,52H,10-12,29-35H2,1-9H3. The van der Waals surface area contributed by atoms with Crippen LogP contribution < -0.4 is 18.9 Å². The molecule has 5 atom stereocenters. The first-order valence-electron chi connectivity index (χ1n) is 21.7. The third kappa shape index (κ3) is 10.4. The highest BCUT2D eigenvalue weighted by atomic mass is 16.6. The van der Waals surface area contributed by atoms with Gasteiger partial charge in [-0.25, -0.2) is 0 Å². The molecular weight excluding hydrogens is 725 g/mol. The van der Waals surface area contributed by atoms with Crippen molar-refractivity contribution in [2.45, 2.75) is 141 Å². The Morgan fingerprint density at radius 1 is 0.603 bits per heavy atom. The fourth-order valence-electron chi connectivity index (χ4n) is 8.41. The molecule has 2 aliphatic rings. The Morgan fingerprint density at radius 2 is 1.03 bits per heavy atom. The van der Waals surface area contributed by atoms with Gasteiger partial charge in [0.25, 0.3) is 0 Å². The summed E-state index contributed by atoms with van der Waals surface area (Å²) in [6.45, 7) is 22.2. The fraction of sp³-hybridized carbons (Fsp3) is 0.529. The Hall–Kier alpha value is -4.04. The average molecular weight is 793 g/mol. The normalized spacial score (nSPS) is 19.2. The van der Waals surface area contributed by atoms with E-state index in [4.69, 9.17) is 28.4 Å². The van der Waals surface area contributed by atoms with Crippen molar-refractivity contribution in [2.24, 2.45) is 5.92 Å². The van der Waals surface area contributed by atoms with Crippen LogP contribution in [0.4, 0.5) is 0 Å². The summed E-state index contributed by atoms with van der Waals surface area (Å²) in [5.74, 6) is 3.46. The smallest absolute Gasteiger partial charge is 0.137 e. The molecule has 4 aromatic carbocycles. The number of rotatable bonds is 23. The first-order valence-corrected chi connectivity index (χ1v) is 21.7. The molecule has 0 aliphatic carbocycles. The molecule has 0 aromatic heterocycles. The van der Waals surface area contributed by atoms with Crippen molar-refractivity contribution in [1.29, 1.82) is 0 Å². The molecule has 7 nitrogen and oxygen atoms in total. The van der Waals surface area contributed by atoms with Gasteiger partial charge in [0.1, 0.15) is 59.6 Å². The van der Waals surface area contributed by atoms with Crippen LogP contribution in [0.25, 0.3) is 0 Å². The Morgan fingerprint density at radius 3 is 1.43 bits per heavy atom. The molecule has 0 bridgehead atoms. The monoisotopic (exact) mass is 792 g/mol. The maximum atomic E-state index is 11.4. The highest BCUT2D eigenvalue weighted by Crippen LogP contribution is 2.40. The van der Waals surface area contributed by atoms with Crippen LogP contribution in [0.3, 0.4) is 0 Å². The summed E-state index contributed by atoms with van der Waals surface area (Å²) in [4.78, 5) is 0. The second-order valence-corrected chi connectivity index (χ2v) is 17.9. The topological polar surface area (TPSA) is 82.2 Å². The van der Waals surface area contributed by atoms with Crippen LogP contribution in [0.5, 0.6) is 23.0 Å². The van der Waals surface area contributed by atoms with E-state index >= 15 is 0 Å². The fourth-order valence-corrected chi connectivity index (χ4v) is 8.41. The number of aliphatic hydroxyl groups excluding tert-OH is 1. The lowest BCUT2D eigenvalue weighted by molar-refractivity contribution is -0.0406. The molecule has 7 heteroatoms. The molecule has 2 fully saturated rings. The summed E-state index contributed by atoms with van der Waals surface area (Å²) in [6, 6.07) is 33.6. The first kappa shape index (κ1) is 43.5. The maximum absolute atomic E-state index is 11.4. The van der Waals surface area contributed by atoms with Crippen molar-refractivity contribution in [3.63, 3.8) is 0 Å². The summed E-state index contributed by atoms with van der Waals surface area (Å²) in [5, 5.41) is 11.4. The van der Waals surface area contributed by atoms with E-state index in [0.717, 1.165) is 68.3 Å². The van der Waals surface area contributed by atoms with Crippen molar-refractivity contribution in [2.75, 3.05) is 26.4 Å². The third-order valence-electron chi connectivity index (χ3n) is 12.7. The quantitative estimate of drug-likeness (QED) is 0.0749. The minimum atomic E-state index is -0.706. The van der Waals surface area contributed by atoms with Gasteiger partial charge in [-0.2, -0.15) is 0 Å². The van der Waals surface area contributed by atoms with E-state index in [0.29, 0.717) is 13.0 Å². The number of ether oxygens (including phenoxy) is 6. The van der Waals surface area contributed by atoms with E-state index in [1.807, 2.05) is 24.3 Å². The lowest BCUT2D eigenvalue weighted by Crippen LogP contribution is -2.45. The summed E-state index contributed by atoms with van der Waals surface area (Å²) >= 11 is 0. The van der Waals surface area contributed by atoms with Gasteiger partial charge in [-0.05, 0) is 96.0 Å². The highest BCUT2D eigenvalue weighted by Gasteiger charge is 2.47. The maximum Gasteiger partial charge on any atom is 0.137 e. The molecule has 6 rings (SSSR count). The molecule has 0 saturated carbocycles. The molecule has 1 N–H and O–H groups in total. The van der Waals surface area contributed by atoms with Gasteiger partial charge in [0, 0.05) is 17.3 Å². The zero-order valence-corrected chi connectivity index (χ0v) is 36.5. The molecule has 2 aliphatic heterocycles. The minimum absolute atomic E-state index is 0.172. The first-order chi connectivity index (χ1) is 27.7. The Labute approximate surface area is 348 Å². The van der Waals surface area contributed by atoms with Crippen molar-refractivity contribution < 1.29 is 33.5 Å². The number of benzene rings is 4. The van der Waals surface area contributed by atoms with Crippen molar-refractivity contribution in [3.05, 3.63) is 119 Å². The third-order valence-corrected chi connectivity index (χ3v) is 12.7. The highest BCUT2D eigenvalue weighted by molar-refractivity contribution is 5.43. The molecule has 5 unspecified atom stereocenters. The van der Waals surface area contributed by atoms with Crippen molar-refractivity contribution in [3.8, 4) is 23.0 Å². The Bertz CT molecular complexity index is 1860. The molecule has 0 amide bonds. The lowest BCUT2D eigenvalue weighted by Gasteiger charge is -2.40. The van der Waals surface area contributed by atoms with Gasteiger partial charge < -0.3 is 33.5 Å². The van der Waals surface area contributed by atoms with E-state index in [9.17, 15) is 5.11 Å². The van der Waals surface area contributed by atoms with Gasteiger partial charge in [0.05, 0.1) is 19.3 Å². The summed E-state index contributed by atoms with van der Waals surface area (Å²) in [6.07, 6.45) is 4.90. The number of epoxide rings is 2. The SMILES string of the molecule is CCCC(CC(O)COc1ccc(C(C)(C)c2ccc(OC(CC)(CCC)C3CO3)cc2)cc1)(Oc1ccc(C(C)(C)c2ccc(OCC3CO3)cc2)cc1)C(C)C. The van der Waals surface area contributed by atoms with Gasteiger partial charge in [-0.1, -0.05) is 124 Å². The second kappa shape index (κ2) is 18.5. The summed E-state index contributed by atoms with van der Waals surface area (Å²) in [7, 11) is 0.